The van der Waals surface area contributed by atoms with Gasteiger partial charge < -0.3 is 11.1 Å². The lowest BCUT2D eigenvalue weighted by Crippen LogP contribution is -2.46. The summed E-state index contributed by atoms with van der Waals surface area (Å²) in [5.74, 6) is 0.379. The number of fused-ring (bicyclic) bond motifs is 1. The Balaban J connectivity index is 1.77. The Labute approximate surface area is 147 Å². The number of benzene rings is 1. The zero-order valence-corrected chi connectivity index (χ0v) is 14.7. The van der Waals surface area contributed by atoms with E-state index in [9.17, 15) is 9.59 Å². The Kier molecular flexibility index (Phi) is 5.48. The molecule has 3 rings (SSSR count). The second kappa shape index (κ2) is 7.78. The van der Waals surface area contributed by atoms with E-state index in [0.29, 0.717) is 23.5 Å². The lowest BCUT2D eigenvalue weighted by molar-refractivity contribution is -0.121. The molecule has 1 saturated carbocycles. The summed E-state index contributed by atoms with van der Waals surface area (Å²) in [5, 5.41) is 8.72. The van der Waals surface area contributed by atoms with Crippen LogP contribution in [0.5, 0.6) is 0 Å². The highest BCUT2D eigenvalue weighted by molar-refractivity contribution is 5.88. The molecule has 3 N–H and O–H groups in total. The average Bonchev–Trinajstić information content (AvgIpc) is 2.64. The van der Waals surface area contributed by atoms with Crippen LogP contribution in [0.15, 0.2) is 29.1 Å². The van der Waals surface area contributed by atoms with Crippen LogP contribution in [-0.2, 0) is 18.3 Å². The molecule has 1 aromatic heterocycles. The van der Waals surface area contributed by atoms with E-state index in [0.717, 1.165) is 18.2 Å². The van der Waals surface area contributed by atoms with E-state index in [2.05, 4.69) is 10.4 Å². The summed E-state index contributed by atoms with van der Waals surface area (Å²) in [6.45, 7) is 0.456. The Hall–Kier alpha value is -2.21. The maximum absolute atomic E-state index is 12.6. The van der Waals surface area contributed by atoms with E-state index in [1.165, 1.54) is 23.9 Å². The number of aromatic nitrogens is 2. The van der Waals surface area contributed by atoms with Crippen LogP contribution < -0.4 is 16.6 Å². The van der Waals surface area contributed by atoms with Gasteiger partial charge in [0.2, 0.25) is 5.91 Å². The van der Waals surface area contributed by atoms with Crippen molar-refractivity contribution >= 4 is 16.7 Å². The van der Waals surface area contributed by atoms with Crippen molar-refractivity contribution in [1.29, 1.82) is 0 Å². The van der Waals surface area contributed by atoms with Gasteiger partial charge in [-0.1, -0.05) is 37.5 Å². The Morgan fingerprint density at radius 2 is 1.96 bits per heavy atom. The SMILES string of the molecule is Cn1nc(CC(=O)NC(CN)C2CCCCC2)c2ccccc2c1=O. The molecule has 6 heteroatoms. The molecule has 1 atom stereocenters. The minimum atomic E-state index is -0.151. The highest BCUT2D eigenvalue weighted by atomic mass is 16.2. The first kappa shape index (κ1) is 17.6. The van der Waals surface area contributed by atoms with Crippen LogP contribution in [0.1, 0.15) is 37.8 Å². The second-order valence-electron chi connectivity index (χ2n) is 6.91. The number of nitrogens with one attached hydrogen (secondary N) is 1. The van der Waals surface area contributed by atoms with Crippen LogP contribution in [-0.4, -0.2) is 28.3 Å². The molecular formula is C19H26N4O2. The first-order chi connectivity index (χ1) is 12.1. The standard InChI is InChI=1S/C19H26N4O2/c1-23-19(25)15-10-6-5-9-14(15)16(22-23)11-18(24)21-17(12-20)13-7-3-2-4-8-13/h5-6,9-10,13,17H,2-4,7-8,11-12,20H2,1H3,(H,21,24). The number of carbonyl (C=O) groups excluding carboxylic acids is 1. The Morgan fingerprint density at radius 3 is 2.64 bits per heavy atom. The molecule has 2 aromatic rings. The van der Waals surface area contributed by atoms with Crippen LogP contribution >= 0.6 is 0 Å². The Bertz CT molecular complexity index is 809. The molecule has 25 heavy (non-hydrogen) atoms. The van der Waals surface area contributed by atoms with Gasteiger partial charge in [-0.25, -0.2) is 4.68 Å². The van der Waals surface area contributed by atoms with Crippen molar-refractivity contribution < 1.29 is 4.79 Å². The van der Waals surface area contributed by atoms with Crippen molar-refractivity contribution in [2.75, 3.05) is 6.54 Å². The van der Waals surface area contributed by atoms with Gasteiger partial charge in [-0.15, -0.1) is 0 Å². The molecule has 134 valence electrons. The summed E-state index contributed by atoms with van der Waals surface area (Å²) < 4.78 is 1.30. The molecule has 1 aliphatic rings. The van der Waals surface area contributed by atoms with E-state index in [4.69, 9.17) is 5.73 Å². The predicted octanol–water partition coefficient (Wildman–Crippen LogP) is 1.50. The van der Waals surface area contributed by atoms with Gasteiger partial charge in [-0.3, -0.25) is 9.59 Å². The van der Waals surface area contributed by atoms with Gasteiger partial charge in [0, 0.05) is 25.0 Å². The fourth-order valence-electron chi connectivity index (χ4n) is 3.82. The van der Waals surface area contributed by atoms with Gasteiger partial charge >= 0.3 is 0 Å². The number of nitrogens with zero attached hydrogens (tertiary/aromatic N) is 2. The number of rotatable bonds is 5. The molecule has 0 aliphatic heterocycles. The molecule has 1 aromatic carbocycles. The summed E-state index contributed by atoms with van der Waals surface area (Å²) in [5.41, 5.74) is 6.37. The minimum absolute atomic E-state index is 0.0200. The van der Waals surface area contributed by atoms with Crippen molar-refractivity contribution in [2.45, 2.75) is 44.6 Å². The number of nitrogens with two attached hydrogens (primary N) is 1. The monoisotopic (exact) mass is 342 g/mol. The Morgan fingerprint density at radius 1 is 1.28 bits per heavy atom. The summed E-state index contributed by atoms with van der Waals surface area (Å²) in [4.78, 5) is 24.8. The van der Waals surface area contributed by atoms with Gasteiger partial charge in [0.25, 0.3) is 5.56 Å². The van der Waals surface area contributed by atoms with Crippen molar-refractivity contribution in [3.05, 3.63) is 40.3 Å². The van der Waals surface area contributed by atoms with Crippen LogP contribution in [0.3, 0.4) is 0 Å². The highest BCUT2D eigenvalue weighted by Gasteiger charge is 2.24. The van der Waals surface area contributed by atoms with Gasteiger partial charge in [-0.05, 0) is 24.8 Å². The number of hydrogen-bond acceptors (Lipinski definition) is 4. The van der Waals surface area contributed by atoms with E-state index in [1.807, 2.05) is 18.2 Å². The van der Waals surface area contributed by atoms with Gasteiger partial charge in [0.05, 0.1) is 17.5 Å². The third-order valence-corrected chi connectivity index (χ3v) is 5.18. The van der Waals surface area contributed by atoms with Crippen LogP contribution in [0, 0.1) is 5.92 Å². The summed E-state index contributed by atoms with van der Waals surface area (Å²) in [7, 11) is 1.61. The first-order valence-corrected chi connectivity index (χ1v) is 9.04. The summed E-state index contributed by atoms with van der Waals surface area (Å²) in [6, 6.07) is 7.31. The van der Waals surface area contributed by atoms with Gasteiger partial charge in [-0.2, -0.15) is 5.10 Å². The van der Waals surface area contributed by atoms with E-state index in [-0.39, 0.29) is 23.9 Å². The number of carbonyl (C=O) groups is 1. The lowest BCUT2D eigenvalue weighted by Gasteiger charge is -2.30. The largest absolute Gasteiger partial charge is 0.351 e. The summed E-state index contributed by atoms with van der Waals surface area (Å²) >= 11 is 0. The first-order valence-electron chi connectivity index (χ1n) is 9.04. The molecule has 1 unspecified atom stereocenters. The number of amides is 1. The average molecular weight is 342 g/mol. The number of aryl methyl sites for hydroxylation is 1. The fraction of sp³-hybridized carbons (Fsp3) is 0.526. The maximum atomic E-state index is 12.6. The molecule has 0 spiro atoms. The maximum Gasteiger partial charge on any atom is 0.274 e. The normalized spacial score (nSPS) is 16.7. The van der Waals surface area contributed by atoms with E-state index < -0.39 is 0 Å². The fourth-order valence-corrected chi connectivity index (χ4v) is 3.82. The second-order valence-corrected chi connectivity index (χ2v) is 6.91. The van der Waals surface area contributed by atoms with Crippen molar-refractivity contribution in [3.8, 4) is 0 Å². The predicted molar refractivity (Wildman–Crippen MR) is 98.2 cm³/mol. The van der Waals surface area contributed by atoms with Gasteiger partial charge in [0.15, 0.2) is 0 Å². The van der Waals surface area contributed by atoms with Crippen LogP contribution in [0.4, 0.5) is 0 Å². The molecular weight excluding hydrogens is 316 g/mol. The number of hydrogen-bond donors (Lipinski definition) is 2. The lowest BCUT2D eigenvalue weighted by atomic mass is 9.84. The zero-order valence-electron chi connectivity index (χ0n) is 14.7. The third-order valence-electron chi connectivity index (χ3n) is 5.18. The van der Waals surface area contributed by atoms with Crippen molar-refractivity contribution in [3.63, 3.8) is 0 Å². The molecule has 0 radical (unpaired) electrons. The quantitative estimate of drug-likeness (QED) is 0.861. The van der Waals surface area contributed by atoms with Crippen LogP contribution in [0.25, 0.3) is 10.8 Å². The minimum Gasteiger partial charge on any atom is -0.351 e. The molecule has 1 amide bonds. The zero-order chi connectivity index (χ0) is 17.8. The molecule has 1 fully saturated rings. The van der Waals surface area contributed by atoms with E-state index in [1.54, 1.807) is 13.1 Å². The van der Waals surface area contributed by atoms with Gasteiger partial charge in [0.1, 0.15) is 0 Å². The molecule has 6 nitrogen and oxygen atoms in total. The van der Waals surface area contributed by atoms with Crippen molar-refractivity contribution in [1.82, 2.24) is 15.1 Å². The molecule has 1 aliphatic carbocycles. The highest BCUT2D eigenvalue weighted by Crippen LogP contribution is 2.26. The smallest absolute Gasteiger partial charge is 0.274 e. The molecule has 1 heterocycles. The topological polar surface area (TPSA) is 90.0 Å². The molecule has 0 saturated heterocycles. The van der Waals surface area contributed by atoms with Crippen molar-refractivity contribution in [2.24, 2.45) is 18.7 Å². The van der Waals surface area contributed by atoms with Crippen LogP contribution in [0.2, 0.25) is 0 Å². The summed E-state index contributed by atoms with van der Waals surface area (Å²) in [6.07, 6.45) is 6.11. The van der Waals surface area contributed by atoms with E-state index >= 15 is 0 Å². The molecule has 0 bridgehead atoms. The third kappa shape index (κ3) is 3.90.